The summed E-state index contributed by atoms with van der Waals surface area (Å²) in [6.45, 7) is 11.7. The second kappa shape index (κ2) is 7.38. The van der Waals surface area contributed by atoms with Gasteiger partial charge in [-0.3, -0.25) is 4.79 Å². The topological polar surface area (TPSA) is 49.3 Å². The number of amides is 1. The second-order valence-electron chi connectivity index (χ2n) is 8.24. The molecule has 1 fully saturated rings. The zero-order valence-corrected chi connectivity index (χ0v) is 17.7. The van der Waals surface area contributed by atoms with Gasteiger partial charge in [-0.05, 0) is 37.2 Å². The monoisotopic (exact) mass is 386 g/mol. The van der Waals surface area contributed by atoms with Crippen molar-refractivity contribution in [3.63, 3.8) is 0 Å². The van der Waals surface area contributed by atoms with Gasteiger partial charge in [-0.25, -0.2) is 9.97 Å². The molecule has 3 heterocycles. The SMILES string of the molecule is CC[C@@H](C)c1nc(N2CCN(C(C)=O)CC2)c2c3c(sc2n1)C[C@@H](C)CC3. The molecule has 0 spiro atoms. The molecule has 5 nitrogen and oxygen atoms in total. The summed E-state index contributed by atoms with van der Waals surface area (Å²) in [6.07, 6.45) is 4.62. The van der Waals surface area contributed by atoms with Crippen molar-refractivity contribution in [3.05, 3.63) is 16.3 Å². The van der Waals surface area contributed by atoms with Gasteiger partial charge in [-0.15, -0.1) is 11.3 Å². The first kappa shape index (κ1) is 18.7. The van der Waals surface area contributed by atoms with Gasteiger partial charge in [0.1, 0.15) is 16.5 Å². The number of hydrogen-bond donors (Lipinski definition) is 0. The fourth-order valence-corrected chi connectivity index (χ4v) is 5.59. The van der Waals surface area contributed by atoms with E-state index in [1.165, 1.54) is 33.5 Å². The Morgan fingerprint density at radius 3 is 2.67 bits per heavy atom. The smallest absolute Gasteiger partial charge is 0.219 e. The Balaban J connectivity index is 1.78. The minimum Gasteiger partial charge on any atom is -0.352 e. The number of rotatable bonds is 3. The Labute approximate surface area is 165 Å². The molecule has 0 saturated carbocycles. The van der Waals surface area contributed by atoms with Crippen LogP contribution in [0.4, 0.5) is 5.82 Å². The maximum absolute atomic E-state index is 11.7. The van der Waals surface area contributed by atoms with Crippen LogP contribution in [0.3, 0.4) is 0 Å². The average Bonchev–Trinajstić information content (AvgIpc) is 3.03. The molecule has 4 rings (SSSR count). The predicted molar refractivity (Wildman–Crippen MR) is 112 cm³/mol. The molecule has 2 atom stereocenters. The normalized spacial score (nSPS) is 21.4. The quantitative estimate of drug-likeness (QED) is 0.800. The molecule has 0 bridgehead atoms. The van der Waals surface area contributed by atoms with E-state index in [1.54, 1.807) is 6.92 Å². The minimum absolute atomic E-state index is 0.171. The highest BCUT2D eigenvalue weighted by Crippen LogP contribution is 2.41. The summed E-state index contributed by atoms with van der Waals surface area (Å²) >= 11 is 1.89. The minimum atomic E-state index is 0.171. The summed E-state index contributed by atoms with van der Waals surface area (Å²) in [5.74, 6) is 3.38. The summed E-state index contributed by atoms with van der Waals surface area (Å²) in [7, 11) is 0. The van der Waals surface area contributed by atoms with E-state index in [4.69, 9.17) is 9.97 Å². The van der Waals surface area contributed by atoms with E-state index in [1.807, 2.05) is 16.2 Å². The summed E-state index contributed by atoms with van der Waals surface area (Å²) in [5, 5.41) is 1.30. The van der Waals surface area contributed by atoms with Crippen molar-refractivity contribution in [2.75, 3.05) is 31.1 Å². The number of hydrogen-bond acceptors (Lipinski definition) is 5. The van der Waals surface area contributed by atoms with Gasteiger partial charge in [-0.1, -0.05) is 20.8 Å². The number of aryl methyl sites for hydroxylation is 1. The number of anilines is 1. The number of aromatic nitrogens is 2. The van der Waals surface area contributed by atoms with E-state index in [0.717, 1.165) is 56.6 Å². The molecule has 0 radical (unpaired) electrons. The molecule has 1 amide bonds. The van der Waals surface area contributed by atoms with Crippen LogP contribution in [-0.2, 0) is 17.6 Å². The van der Waals surface area contributed by atoms with Gasteiger partial charge in [0.15, 0.2) is 0 Å². The van der Waals surface area contributed by atoms with Crippen LogP contribution in [0.25, 0.3) is 10.2 Å². The Bertz CT molecular complexity index is 853. The molecule has 1 aliphatic carbocycles. The first-order valence-corrected chi connectivity index (χ1v) is 11.1. The van der Waals surface area contributed by atoms with Crippen LogP contribution in [0.2, 0.25) is 0 Å². The van der Waals surface area contributed by atoms with Gasteiger partial charge < -0.3 is 9.80 Å². The van der Waals surface area contributed by atoms with Crippen LogP contribution in [-0.4, -0.2) is 47.0 Å². The molecule has 2 aromatic heterocycles. The van der Waals surface area contributed by atoms with Crippen LogP contribution in [0, 0.1) is 5.92 Å². The number of carbonyl (C=O) groups is 1. The van der Waals surface area contributed by atoms with Gasteiger partial charge in [0, 0.05) is 43.9 Å². The summed E-state index contributed by atoms with van der Waals surface area (Å²) in [6, 6.07) is 0. The van der Waals surface area contributed by atoms with Crippen LogP contribution in [0.5, 0.6) is 0 Å². The van der Waals surface area contributed by atoms with E-state index < -0.39 is 0 Å². The van der Waals surface area contributed by atoms with Gasteiger partial charge in [0.2, 0.25) is 5.91 Å². The van der Waals surface area contributed by atoms with Crippen LogP contribution in [0.15, 0.2) is 0 Å². The predicted octanol–water partition coefficient (Wildman–Crippen LogP) is 4.00. The standard InChI is InChI=1S/C21H30N4OS/c1-5-14(3)19-22-20(25-10-8-24(9-11-25)15(4)26)18-16-7-6-13(2)12-17(16)27-21(18)23-19/h13-14H,5-12H2,1-4H3/t13-,14+/m0/s1. The molecule has 0 aromatic carbocycles. The molecule has 1 saturated heterocycles. The van der Waals surface area contributed by atoms with Crippen molar-refractivity contribution in [1.82, 2.24) is 14.9 Å². The second-order valence-corrected chi connectivity index (χ2v) is 9.32. The van der Waals surface area contributed by atoms with Crippen molar-refractivity contribution in [3.8, 4) is 0 Å². The van der Waals surface area contributed by atoms with E-state index in [2.05, 4.69) is 25.7 Å². The third kappa shape index (κ3) is 3.44. The van der Waals surface area contributed by atoms with Gasteiger partial charge >= 0.3 is 0 Å². The van der Waals surface area contributed by atoms with E-state index in [0.29, 0.717) is 5.92 Å². The van der Waals surface area contributed by atoms with Crippen molar-refractivity contribution < 1.29 is 4.79 Å². The Morgan fingerprint density at radius 2 is 2.00 bits per heavy atom. The van der Waals surface area contributed by atoms with Gasteiger partial charge in [0.05, 0.1) is 5.39 Å². The molecule has 2 aliphatic rings. The van der Waals surface area contributed by atoms with Crippen LogP contribution in [0.1, 0.15) is 62.7 Å². The first-order chi connectivity index (χ1) is 13.0. The highest BCUT2D eigenvalue weighted by atomic mass is 32.1. The number of thiophene rings is 1. The van der Waals surface area contributed by atoms with Gasteiger partial charge in [0.25, 0.3) is 0 Å². The summed E-state index contributed by atoms with van der Waals surface area (Å²) < 4.78 is 0. The van der Waals surface area contributed by atoms with Crippen molar-refractivity contribution in [1.29, 1.82) is 0 Å². The summed E-state index contributed by atoms with van der Waals surface area (Å²) in [5.41, 5.74) is 1.49. The molecule has 0 N–H and O–H groups in total. The van der Waals surface area contributed by atoms with Crippen molar-refractivity contribution in [2.24, 2.45) is 5.92 Å². The molecule has 6 heteroatoms. The number of nitrogens with zero attached hydrogens (tertiary/aromatic N) is 4. The largest absolute Gasteiger partial charge is 0.352 e. The Morgan fingerprint density at radius 1 is 1.26 bits per heavy atom. The van der Waals surface area contributed by atoms with E-state index in [-0.39, 0.29) is 5.91 Å². The third-order valence-corrected chi connectivity index (χ3v) is 7.38. The Kier molecular flexibility index (Phi) is 5.10. The van der Waals surface area contributed by atoms with E-state index in [9.17, 15) is 4.79 Å². The lowest BCUT2D eigenvalue weighted by Crippen LogP contribution is -2.48. The van der Waals surface area contributed by atoms with E-state index >= 15 is 0 Å². The molecule has 2 aromatic rings. The molecule has 27 heavy (non-hydrogen) atoms. The lowest BCUT2D eigenvalue weighted by Gasteiger charge is -2.35. The third-order valence-electron chi connectivity index (χ3n) is 6.23. The fraction of sp³-hybridized carbons (Fsp3) is 0.667. The van der Waals surface area contributed by atoms with Crippen molar-refractivity contribution >= 4 is 33.3 Å². The van der Waals surface area contributed by atoms with Crippen molar-refractivity contribution in [2.45, 2.75) is 59.3 Å². The lowest BCUT2D eigenvalue weighted by molar-refractivity contribution is -0.129. The first-order valence-electron chi connectivity index (χ1n) is 10.3. The zero-order chi connectivity index (χ0) is 19.1. The van der Waals surface area contributed by atoms with Crippen LogP contribution >= 0.6 is 11.3 Å². The Hall–Kier alpha value is -1.69. The van der Waals surface area contributed by atoms with Gasteiger partial charge in [-0.2, -0.15) is 0 Å². The number of piperazine rings is 1. The number of fused-ring (bicyclic) bond motifs is 3. The fourth-order valence-electron chi connectivity index (χ4n) is 4.20. The molecular formula is C21H30N4OS. The molecule has 146 valence electrons. The average molecular weight is 387 g/mol. The zero-order valence-electron chi connectivity index (χ0n) is 16.9. The lowest BCUT2D eigenvalue weighted by atomic mass is 9.89. The molecule has 0 unspecified atom stereocenters. The summed E-state index contributed by atoms with van der Waals surface area (Å²) in [4.78, 5) is 28.8. The molecular weight excluding hydrogens is 356 g/mol. The van der Waals surface area contributed by atoms with Crippen LogP contribution < -0.4 is 4.90 Å². The highest BCUT2D eigenvalue weighted by molar-refractivity contribution is 7.19. The maximum Gasteiger partial charge on any atom is 0.219 e. The molecule has 1 aliphatic heterocycles. The highest BCUT2D eigenvalue weighted by Gasteiger charge is 2.28. The number of carbonyl (C=O) groups excluding carboxylic acids is 1. The maximum atomic E-state index is 11.7.